The van der Waals surface area contributed by atoms with Gasteiger partial charge in [-0.3, -0.25) is 9.59 Å². The number of carbonyl (C=O) groups is 2. The van der Waals surface area contributed by atoms with Crippen molar-refractivity contribution in [3.63, 3.8) is 0 Å². The molecule has 0 aliphatic carbocycles. The van der Waals surface area contributed by atoms with Crippen LogP contribution in [0.5, 0.6) is 0 Å². The number of amides is 2. The fourth-order valence-corrected chi connectivity index (χ4v) is 3.96. The highest BCUT2D eigenvalue weighted by atomic mass is 16.2. The van der Waals surface area contributed by atoms with Crippen molar-refractivity contribution < 1.29 is 9.59 Å². The Labute approximate surface area is 202 Å². The van der Waals surface area contributed by atoms with Crippen LogP contribution in [0.15, 0.2) is 72.8 Å². The maximum Gasteiger partial charge on any atom is 0.256 e. The van der Waals surface area contributed by atoms with E-state index in [-0.39, 0.29) is 11.8 Å². The monoisotopic (exact) mass is 458 g/mol. The van der Waals surface area contributed by atoms with Gasteiger partial charge in [0.1, 0.15) is 0 Å². The number of anilines is 4. The number of nitrogens with zero attached hydrogens (tertiary/aromatic N) is 2. The first kappa shape index (κ1) is 24.8. The van der Waals surface area contributed by atoms with Gasteiger partial charge in [-0.25, -0.2) is 0 Å². The molecular formula is C28H34N4O2. The third-order valence-electron chi connectivity index (χ3n) is 5.92. The van der Waals surface area contributed by atoms with Crippen LogP contribution >= 0.6 is 0 Å². The van der Waals surface area contributed by atoms with Crippen LogP contribution in [0, 0.1) is 0 Å². The van der Waals surface area contributed by atoms with Gasteiger partial charge in [-0.15, -0.1) is 0 Å². The fourth-order valence-electron chi connectivity index (χ4n) is 3.96. The lowest BCUT2D eigenvalue weighted by atomic mass is 10.1. The van der Waals surface area contributed by atoms with E-state index in [0.717, 1.165) is 37.6 Å². The molecule has 2 amide bonds. The summed E-state index contributed by atoms with van der Waals surface area (Å²) in [4.78, 5) is 30.5. The minimum Gasteiger partial charge on any atom is -0.372 e. The molecule has 0 unspecified atom stereocenters. The number of benzene rings is 3. The van der Waals surface area contributed by atoms with Gasteiger partial charge in [0.2, 0.25) is 0 Å². The molecule has 0 aliphatic heterocycles. The topological polar surface area (TPSA) is 64.7 Å². The van der Waals surface area contributed by atoms with Gasteiger partial charge in [-0.1, -0.05) is 12.1 Å². The number of hydrogen-bond donors (Lipinski definition) is 2. The molecule has 0 aliphatic rings. The molecule has 34 heavy (non-hydrogen) atoms. The summed E-state index contributed by atoms with van der Waals surface area (Å²) >= 11 is 0. The Morgan fingerprint density at radius 1 is 0.559 bits per heavy atom. The molecule has 3 rings (SSSR count). The van der Waals surface area contributed by atoms with Crippen LogP contribution < -0.4 is 20.4 Å². The minimum atomic E-state index is -0.321. The molecule has 0 spiro atoms. The second-order valence-corrected chi connectivity index (χ2v) is 7.89. The molecule has 0 fully saturated rings. The molecule has 2 N–H and O–H groups in total. The van der Waals surface area contributed by atoms with Gasteiger partial charge >= 0.3 is 0 Å². The molecule has 0 saturated heterocycles. The molecule has 3 aromatic rings. The van der Waals surface area contributed by atoms with Gasteiger partial charge in [0.15, 0.2) is 0 Å². The van der Waals surface area contributed by atoms with Crippen molar-refractivity contribution in [3.8, 4) is 0 Å². The van der Waals surface area contributed by atoms with Crippen LogP contribution in [-0.2, 0) is 0 Å². The Balaban J connectivity index is 1.72. The van der Waals surface area contributed by atoms with Crippen molar-refractivity contribution in [2.24, 2.45) is 0 Å². The van der Waals surface area contributed by atoms with Crippen molar-refractivity contribution in [2.45, 2.75) is 27.7 Å². The Hall–Kier alpha value is -3.80. The van der Waals surface area contributed by atoms with Gasteiger partial charge in [0.05, 0.1) is 11.1 Å². The molecule has 6 nitrogen and oxygen atoms in total. The van der Waals surface area contributed by atoms with Gasteiger partial charge < -0.3 is 20.4 Å². The smallest absolute Gasteiger partial charge is 0.256 e. The van der Waals surface area contributed by atoms with Crippen LogP contribution in [-0.4, -0.2) is 38.0 Å². The van der Waals surface area contributed by atoms with Crippen LogP contribution in [0.25, 0.3) is 0 Å². The van der Waals surface area contributed by atoms with Crippen LogP contribution in [0.4, 0.5) is 22.7 Å². The van der Waals surface area contributed by atoms with Gasteiger partial charge in [-0.05, 0) is 88.4 Å². The molecule has 0 aromatic heterocycles. The molecule has 6 heteroatoms. The standard InChI is InChI=1S/C28H34N4O2/c1-5-31(6-2)23-17-13-21(14-18-23)29-27(33)25-11-9-10-12-26(25)28(34)30-22-15-19-24(20-16-22)32(7-3)8-4/h9-20H,5-8H2,1-4H3,(H,29,33)(H,30,34). The molecular weight excluding hydrogens is 424 g/mol. The average molecular weight is 459 g/mol. The zero-order valence-corrected chi connectivity index (χ0v) is 20.5. The molecule has 0 saturated carbocycles. The van der Waals surface area contributed by atoms with Crippen molar-refractivity contribution in [3.05, 3.63) is 83.9 Å². The molecule has 0 radical (unpaired) electrons. The van der Waals surface area contributed by atoms with E-state index in [1.165, 1.54) is 0 Å². The minimum absolute atomic E-state index is 0.321. The Morgan fingerprint density at radius 3 is 1.18 bits per heavy atom. The molecule has 0 atom stereocenters. The zero-order valence-electron chi connectivity index (χ0n) is 20.5. The predicted octanol–water partition coefficient (Wildman–Crippen LogP) is 5.88. The van der Waals surface area contributed by atoms with Crippen molar-refractivity contribution in [1.82, 2.24) is 0 Å². The summed E-state index contributed by atoms with van der Waals surface area (Å²) in [5.74, 6) is -0.642. The Bertz CT molecular complexity index is 998. The normalized spacial score (nSPS) is 10.5. The Morgan fingerprint density at radius 2 is 0.882 bits per heavy atom. The molecule has 3 aromatic carbocycles. The molecule has 178 valence electrons. The van der Waals surface area contributed by atoms with Gasteiger partial charge in [0.25, 0.3) is 11.8 Å². The van der Waals surface area contributed by atoms with E-state index in [4.69, 9.17) is 0 Å². The third kappa shape index (κ3) is 5.95. The average Bonchev–Trinajstić information content (AvgIpc) is 2.87. The highest BCUT2D eigenvalue weighted by Gasteiger charge is 2.17. The first-order valence-corrected chi connectivity index (χ1v) is 11.9. The van der Waals surface area contributed by atoms with Crippen LogP contribution in [0.2, 0.25) is 0 Å². The van der Waals surface area contributed by atoms with E-state index in [1.807, 2.05) is 48.5 Å². The summed E-state index contributed by atoms with van der Waals surface area (Å²) in [5.41, 5.74) is 4.23. The predicted molar refractivity (Wildman–Crippen MR) is 142 cm³/mol. The zero-order chi connectivity index (χ0) is 24.5. The lowest BCUT2D eigenvalue weighted by Gasteiger charge is -2.21. The second-order valence-electron chi connectivity index (χ2n) is 7.89. The van der Waals surface area contributed by atoms with Crippen molar-refractivity contribution in [1.29, 1.82) is 0 Å². The van der Waals surface area contributed by atoms with E-state index in [0.29, 0.717) is 22.5 Å². The number of nitrogens with one attached hydrogen (secondary N) is 2. The fraction of sp³-hybridized carbons (Fsp3) is 0.286. The highest BCUT2D eigenvalue weighted by Crippen LogP contribution is 2.21. The first-order chi connectivity index (χ1) is 16.5. The van der Waals surface area contributed by atoms with Crippen LogP contribution in [0.1, 0.15) is 48.4 Å². The van der Waals surface area contributed by atoms with E-state index in [2.05, 4.69) is 48.1 Å². The van der Waals surface area contributed by atoms with Crippen LogP contribution in [0.3, 0.4) is 0 Å². The Kier molecular flexibility index (Phi) is 8.68. The maximum atomic E-state index is 13.0. The first-order valence-electron chi connectivity index (χ1n) is 11.9. The van der Waals surface area contributed by atoms with E-state index >= 15 is 0 Å². The summed E-state index contributed by atoms with van der Waals surface area (Å²) in [6.45, 7) is 12.1. The van der Waals surface area contributed by atoms with Gasteiger partial charge in [0, 0.05) is 48.9 Å². The van der Waals surface area contributed by atoms with E-state index < -0.39 is 0 Å². The van der Waals surface area contributed by atoms with Gasteiger partial charge in [-0.2, -0.15) is 0 Å². The summed E-state index contributed by atoms with van der Waals surface area (Å²) in [6, 6.07) is 22.3. The largest absolute Gasteiger partial charge is 0.372 e. The maximum absolute atomic E-state index is 13.0. The number of rotatable bonds is 10. The van der Waals surface area contributed by atoms with E-state index in [1.54, 1.807) is 24.3 Å². The summed E-state index contributed by atoms with van der Waals surface area (Å²) in [6.07, 6.45) is 0. The highest BCUT2D eigenvalue weighted by molar-refractivity contribution is 6.15. The van der Waals surface area contributed by atoms with Crippen molar-refractivity contribution in [2.75, 3.05) is 46.6 Å². The quantitative estimate of drug-likeness (QED) is 0.398. The lowest BCUT2D eigenvalue weighted by Crippen LogP contribution is -2.22. The number of carbonyl (C=O) groups excluding carboxylic acids is 2. The van der Waals surface area contributed by atoms with Crippen molar-refractivity contribution >= 4 is 34.6 Å². The SMILES string of the molecule is CCN(CC)c1ccc(NC(=O)c2ccccc2C(=O)Nc2ccc(N(CC)CC)cc2)cc1. The summed E-state index contributed by atoms with van der Waals surface area (Å²) in [7, 11) is 0. The third-order valence-corrected chi connectivity index (χ3v) is 5.92. The second kappa shape index (κ2) is 11.9. The number of hydrogen-bond acceptors (Lipinski definition) is 4. The molecule has 0 bridgehead atoms. The molecule has 0 heterocycles. The summed E-state index contributed by atoms with van der Waals surface area (Å²) < 4.78 is 0. The summed E-state index contributed by atoms with van der Waals surface area (Å²) in [5, 5.41) is 5.82. The lowest BCUT2D eigenvalue weighted by molar-refractivity contribution is 0.0990. The van der Waals surface area contributed by atoms with E-state index in [9.17, 15) is 9.59 Å².